The van der Waals surface area contributed by atoms with E-state index in [1.807, 2.05) is 0 Å². The summed E-state index contributed by atoms with van der Waals surface area (Å²) in [6.45, 7) is 1.55. The maximum absolute atomic E-state index is 10.8. The Bertz CT molecular complexity index is 314. The van der Waals surface area contributed by atoms with Gasteiger partial charge in [-0.15, -0.1) is 0 Å². The lowest BCUT2D eigenvalue weighted by Crippen LogP contribution is -2.24. The second kappa shape index (κ2) is 4.79. The van der Waals surface area contributed by atoms with E-state index in [4.69, 9.17) is 5.26 Å². The summed E-state index contributed by atoms with van der Waals surface area (Å²) in [6, 6.07) is 1.39. The zero-order valence-corrected chi connectivity index (χ0v) is 7.70. The van der Waals surface area contributed by atoms with E-state index in [0.717, 1.165) is 0 Å². The van der Waals surface area contributed by atoms with Gasteiger partial charge >= 0.3 is 5.97 Å². The van der Waals surface area contributed by atoms with Gasteiger partial charge < -0.3 is 9.29 Å². The minimum absolute atomic E-state index is 0.0376. The van der Waals surface area contributed by atoms with Gasteiger partial charge in [-0.3, -0.25) is 4.79 Å². The molecule has 0 radical (unpaired) electrons. The maximum atomic E-state index is 10.8. The molecule has 74 valence electrons. The Morgan fingerprint density at radius 3 is 2.54 bits per heavy atom. The number of ether oxygens (including phenoxy) is 1. The van der Waals surface area contributed by atoms with Crippen molar-refractivity contribution in [1.29, 1.82) is 5.26 Å². The fraction of sp³-hybridized carbons (Fsp3) is 0.667. The van der Waals surface area contributed by atoms with Crippen LogP contribution in [-0.4, -0.2) is 31.3 Å². The zero-order valence-electron chi connectivity index (χ0n) is 6.89. The van der Waals surface area contributed by atoms with Crippen molar-refractivity contribution in [3.63, 3.8) is 0 Å². The summed E-state index contributed by atoms with van der Waals surface area (Å²) in [6.07, 6.45) is 0. The highest BCUT2D eigenvalue weighted by Crippen LogP contribution is 2.02. The van der Waals surface area contributed by atoms with Crippen LogP contribution < -0.4 is 0 Å². The van der Waals surface area contributed by atoms with Crippen LogP contribution in [0.15, 0.2) is 0 Å². The van der Waals surface area contributed by atoms with Gasteiger partial charge in [-0.1, -0.05) is 0 Å². The van der Waals surface area contributed by atoms with Gasteiger partial charge in [0.15, 0.2) is 5.92 Å². The van der Waals surface area contributed by atoms with E-state index >= 15 is 0 Å². The van der Waals surface area contributed by atoms with Gasteiger partial charge in [0.05, 0.1) is 28.5 Å². The predicted octanol–water partition coefficient (Wildman–Crippen LogP) is -0.766. The Balaban J connectivity index is 4.38. The largest absolute Gasteiger partial charge is 0.748 e. The lowest BCUT2D eigenvalue weighted by molar-refractivity contribution is -0.145. The van der Waals surface area contributed by atoms with Gasteiger partial charge in [-0.2, -0.15) is 5.26 Å². The topological polar surface area (TPSA) is 107 Å². The van der Waals surface area contributed by atoms with Crippen molar-refractivity contribution in [3.8, 4) is 6.07 Å². The number of carbonyl (C=O) groups is 1. The third kappa shape index (κ3) is 5.16. The van der Waals surface area contributed by atoms with E-state index in [-0.39, 0.29) is 6.61 Å². The molecule has 0 aromatic rings. The third-order valence-corrected chi connectivity index (χ3v) is 1.84. The van der Waals surface area contributed by atoms with Crippen molar-refractivity contribution in [1.82, 2.24) is 0 Å². The Kier molecular flexibility index (Phi) is 4.37. The van der Waals surface area contributed by atoms with Crippen molar-refractivity contribution >= 4 is 16.1 Å². The first-order chi connectivity index (χ1) is 5.90. The quantitative estimate of drug-likeness (QED) is 0.441. The van der Waals surface area contributed by atoms with Crippen molar-refractivity contribution in [3.05, 3.63) is 0 Å². The molecule has 0 rings (SSSR count). The van der Waals surface area contributed by atoms with Crippen LogP contribution in [0, 0.1) is 17.2 Å². The van der Waals surface area contributed by atoms with Crippen LogP contribution in [-0.2, 0) is 19.6 Å². The smallest absolute Gasteiger partial charge is 0.324 e. The summed E-state index contributed by atoms with van der Waals surface area (Å²) in [5.74, 6) is -3.55. The Labute approximate surface area is 75.9 Å². The first-order valence-corrected chi connectivity index (χ1v) is 4.98. The van der Waals surface area contributed by atoms with Crippen LogP contribution in [0.25, 0.3) is 0 Å². The van der Waals surface area contributed by atoms with Crippen molar-refractivity contribution < 1.29 is 22.5 Å². The Morgan fingerprint density at radius 1 is 1.69 bits per heavy atom. The number of nitriles is 1. The molecule has 13 heavy (non-hydrogen) atoms. The van der Waals surface area contributed by atoms with Crippen LogP contribution >= 0.6 is 0 Å². The van der Waals surface area contributed by atoms with Crippen LogP contribution in [0.3, 0.4) is 0 Å². The van der Waals surface area contributed by atoms with Gasteiger partial charge in [-0.05, 0) is 6.92 Å². The average molecular weight is 206 g/mol. The molecule has 0 aliphatic heterocycles. The van der Waals surface area contributed by atoms with Crippen LogP contribution in [0.4, 0.5) is 0 Å². The van der Waals surface area contributed by atoms with E-state index < -0.39 is 27.8 Å². The summed E-state index contributed by atoms with van der Waals surface area (Å²) >= 11 is 0. The summed E-state index contributed by atoms with van der Waals surface area (Å²) in [7, 11) is -4.57. The highest BCUT2D eigenvalue weighted by atomic mass is 32.2. The first kappa shape index (κ1) is 11.9. The molecule has 0 aromatic carbocycles. The van der Waals surface area contributed by atoms with Crippen LogP contribution in [0.5, 0.6) is 0 Å². The van der Waals surface area contributed by atoms with E-state index in [0.29, 0.717) is 0 Å². The summed E-state index contributed by atoms with van der Waals surface area (Å²) < 4.78 is 35.0. The molecular weight excluding hydrogens is 198 g/mol. The summed E-state index contributed by atoms with van der Waals surface area (Å²) in [4.78, 5) is 10.8. The molecular formula is C6H8NO5S-. The van der Waals surface area contributed by atoms with Gasteiger partial charge in [0, 0.05) is 0 Å². The lowest BCUT2D eigenvalue weighted by Gasteiger charge is -2.10. The van der Waals surface area contributed by atoms with Gasteiger partial charge in [0.25, 0.3) is 0 Å². The highest BCUT2D eigenvalue weighted by Gasteiger charge is 2.21. The lowest BCUT2D eigenvalue weighted by atomic mass is 10.2. The maximum Gasteiger partial charge on any atom is 0.324 e. The standard InChI is InChI=1S/C6H9NO5S/c1-2-12-6(8)5(3-7)4-13(9,10)11/h5H,2,4H2,1H3,(H,9,10,11)/p-1. The normalized spacial score (nSPS) is 13.0. The number of hydrogen-bond donors (Lipinski definition) is 0. The van der Waals surface area contributed by atoms with Crippen molar-refractivity contribution in [2.24, 2.45) is 5.92 Å². The van der Waals surface area contributed by atoms with E-state index in [1.54, 1.807) is 0 Å². The molecule has 0 aliphatic rings. The number of hydrogen-bond acceptors (Lipinski definition) is 6. The minimum Gasteiger partial charge on any atom is -0.748 e. The van der Waals surface area contributed by atoms with Crippen LogP contribution in [0.1, 0.15) is 6.92 Å². The fourth-order valence-electron chi connectivity index (χ4n) is 0.605. The predicted molar refractivity (Wildman–Crippen MR) is 40.3 cm³/mol. The molecule has 6 nitrogen and oxygen atoms in total. The van der Waals surface area contributed by atoms with E-state index in [9.17, 15) is 17.8 Å². The molecule has 0 N–H and O–H groups in total. The van der Waals surface area contributed by atoms with Gasteiger partial charge in [0.2, 0.25) is 0 Å². The molecule has 1 atom stereocenters. The Hall–Kier alpha value is -1.13. The molecule has 7 heteroatoms. The summed E-state index contributed by atoms with van der Waals surface area (Å²) in [5, 5.41) is 8.33. The highest BCUT2D eigenvalue weighted by molar-refractivity contribution is 7.85. The van der Waals surface area contributed by atoms with Gasteiger partial charge in [-0.25, -0.2) is 8.42 Å². The SMILES string of the molecule is CCOC(=O)C(C#N)CS(=O)(=O)[O-]. The van der Waals surface area contributed by atoms with Crippen LogP contribution in [0.2, 0.25) is 0 Å². The molecule has 1 unspecified atom stereocenters. The molecule has 0 aromatic heterocycles. The number of carbonyl (C=O) groups excluding carboxylic acids is 1. The average Bonchev–Trinajstić information content (AvgIpc) is 1.99. The number of rotatable bonds is 4. The molecule has 0 saturated carbocycles. The van der Waals surface area contributed by atoms with E-state index in [2.05, 4.69) is 4.74 Å². The summed E-state index contributed by atoms with van der Waals surface area (Å²) in [5.41, 5.74) is 0. The Morgan fingerprint density at radius 2 is 2.23 bits per heavy atom. The second-order valence-corrected chi connectivity index (χ2v) is 3.61. The molecule has 0 fully saturated rings. The van der Waals surface area contributed by atoms with E-state index in [1.165, 1.54) is 13.0 Å². The molecule has 0 bridgehead atoms. The van der Waals surface area contributed by atoms with Gasteiger partial charge in [0.1, 0.15) is 0 Å². The van der Waals surface area contributed by atoms with Crippen molar-refractivity contribution in [2.75, 3.05) is 12.4 Å². The number of nitrogens with zero attached hydrogens (tertiary/aromatic N) is 1. The minimum atomic E-state index is -4.57. The molecule has 0 amide bonds. The second-order valence-electron chi connectivity index (χ2n) is 2.16. The molecule has 0 saturated heterocycles. The molecule has 0 aliphatic carbocycles. The first-order valence-electron chi connectivity index (χ1n) is 3.40. The molecule has 0 spiro atoms. The number of esters is 1. The monoisotopic (exact) mass is 206 g/mol. The van der Waals surface area contributed by atoms with Crippen molar-refractivity contribution in [2.45, 2.75) is 6.92 Å². The third-order valence-electron chi connectivity index (χ3n) is 1.10. The zero-order chi connectivity index (χ0) is 10.5. The molecule has 0 heterocycles. The fourth-order valence-corrected chi connectivity index (χ4v) is 1.22.